The van der Waals surface area contributed by atoms with Gasteiger partial charge in [-0.05, 0) is 55.1 Å². The molecule has 4 bridgehead atoms. The molecule has 2 atom stereocenters. The van der Waals surface area contributed by atoms with Crippen LogP contribution in [-0.4, -0.2) is 0 Å². The first kappa shape index (κ1) is 10.4. The number of aryl methyl sites for hydroxylation is 2. The third kappa shape index (κ3) is 2.31. The molecule has 0 nitrogen and oxygen atoms in total. The lowest BCUT2D eigenvalue weighted by Crippen LogP contribution is -2.16. The maximum Gasteiger partial charge on any atom is -0.0276 e. The van der Waals surface area contributed by atoms with Crippen LogP contribution in [0.3, 0.4) is 0 Å². The number of hydrogen-bond donors (Lipinski definition) is 0. The monoisotopic (exact) mass is 214 g/mol. The zero-order chi connectivity index (χ0) is 10.8. The highest BCUT2D eigenvalue weighted by molar-refractivity contribution is 5.23. The molecule has 4 rings (SSSR count). The molecule has 86 valence electrons. The van der Waals surface area contributed by atoms with Gasteiger partial charge in [0.05, 0.1) is 0 Å². The minimum atomic E-state index is 1.02. The third-order valence-electron chi connectivity index (χ3n) is 4.60. The summed E-state index contributed by atoms with van der Waals surface area (Å²) < 4.78 is 0. The van der Waals surface area contributed by atoms with Gasteiger partial charge in [-0.3, -0.25) is 0 Å². The van der Waals surface area contributed by atoms with Crippen molar-refractivity contribution in [2.45, 2.75) is 51.4 Å². The van der Waals surface area contributed by atoms with E-state index in [4.69, 9.17) is 0 Å². The normalized spacial score (nSPS) is 29.8. The predicted molar refractivity (Wildman–Crippen MR) is 68.5 cm³/mol. The fraction of sp³-hybridized carbons (Fsp3) is 0.625. The zero-order valence-electron chi connectivity index (χ0n) is 10.1. The first-order valence-electron chi connectivity index (χ1n) is 6.98. The van der Waals surface area contributed by atoms with Crippen LogP contribution in [0.5, 0.6) is 0 Å². The molecule has 0 radical (unpaired) electrons. The van der Waals surface area contributed by atoms with Crippen LogP contribution in [0.15, 0.2) is 24.3 Å². The van der Waals surface area contributed by atoms with E-state index in [2.05, 4.69) is 24.3 Å². The van der Waals surface area contributed by atoms with Crippen molar-refractivity contribution in [3.8, 4) is 0 Å². The molecule has 0 spiro atoms. The van der Waals surface area contributed by atoms with E-state index in [1.54, 1.807) is 11.1 Å². The molecule has 16 heavy (non-hydrogen) atoms. The average molecular weight is 214 g/mol. The van der Waals surface area contributed by atoms with Gasteiger partial charge in [0.2, 0.25) is 0 Å². The van der Waals surface area contributed by atoms with E-state index < -0.39 is 0 Å². The van der Waals surface area contributed by atoms with Crippen LogP contribution in [0.1, 0.15) is 49.7 Å². The van der Waals surface area contributed by atoms with E-state index in [1.807, 2.05) is 0 Å². The zero-order valence-corrected chi connectivity index (χ0v) is 10.1. The fourth-order valence-corrected chi connectivity index (χ4v) is 3.54. The number of hydrogen-bond acceptors (Lipinski definition) is 0. The Morgan fingerprint density at radius 3 is 1.69 bits per heavy atom. The van der Waals surface area contributed by atoms with Gasteiger partial charge in [-0.15, -0.1) is 0 Å². The molecule has 3 aliphatic rings. The summed E-state index contributed by atoms with van der Waals surface area (Å²) in [4.78, 5) is 0. The second kappa shape index (κ2) is 4.61. The Bertz CT molecular complexity index is 303. The highest BCUT2D eigenvalue weighted by Gasteiger charge is 2.22. The molecule has 0 N–H and O–H groups in total. The van der Waals surface area contributed by atoms with Crippen LogP contribution < -0.4 is 0 Å². The molecule has 0 heteroatoms. The molecular formula is C16H22. The Kier molecular flexibility index (Phi) is 2.99. The van der Waals surface area contributed by atoms with Crippen molar-refractivity contribution in [1.29, 1.82) is 0 Å². The summed E-state index contributed by atoms with van der Waals surface area (Å²) in [5, 5.41) is 0. The average Bonchev–Trinajstić information content (AvgIpc) is 2.39. The van der Waals surface area contributed by atoms with Gasteiger partial charge in [0.15, 0.2) is 0 Å². The van der Waals surface area contributed by atoms with Gasteiger partial charge >= 0.3 is 0 Å². The molecule has 1 aromatic rings. The van der Waals surface area contributed by atoms with Crippen molar-refractivity contribution in [2.24, 2.45) is 11.8 Å². The van der Waals surface area contributed by atoms with E-state index >= 15 is 0 Å². The largest absolute Gasteiger partial charge is 0.0588 e. The van der Waals surface area contributed by atoms with Gasteiger partial charge in [0.1, 0.15) is 0 Å². The molecule has 0 aromatic heterocycles. The Labute approximate surface area is 99.1 Å². The van der Waals surface area contributed by atoms with Crippen LogP contribution in [0.25, 0.3) is 0 Å². The molecule has 0 amide bonds. The van der Waals surface area contributed by atoms with Gasteiger partial charge in [-0.2, -0.15) is 0 Å². The van der Waals surface area contributed by atoms with E-state index in [0.717, 1.165) is 11.8 Å². The van der Waals surface area contributed by atoms with E-state index in [9.17, 15) is 0 Å². The summed E-state index contributed by atoms with van der Waals surface area (Å²) in [5.74, 6) is 2.05. The first-order valence-corrected chi connectivity index (χ1v) is 6.98. The maximum atomic E-state index is 2.35. The van der Waals surface area contributed by atoms with Gasteiger partial charge < -0.3 is 0 Å². The summed E-state index contributed by atoms with van der Waals surface area (Å²) in [6, 6.07) is 9.41. The highest BCUT2D eigenvalue weighted by atomic mass is 14.3. The summed E-state index contributed by atoms with van der Waals surface area (Å²) >= 11 is 0. The highest BCUT2D eigenvalue weighted by Crippen LogP contribution is 2.35. The minimum Gasteiger partial charge on any atom is -0.0588 e. The molecule has 0 aliphatic heterocycles. The number of rotatable bonds is 0. The van der Waals surface area contributed by atoms with Crippen LogP contribution >= 0.6 is 0 Å². The molecule has 0 unspecified atom stereocenters. The van der Waals surface area contributed by atoms with E-state index in [-0.39, 0.29) is 0 Å². The van der Waals surface area contributed by atoms with Crippen molar-refractivity contribution in [3.63, 3.8) is 0 Å². The third-order valence-corrected chi connectivity index (χ3v) is 4.60. The molecule has 1 fully saturated rings. The Hall–Kier alpha value is -0.780. The summed E-state index contributed by atoms with van der Waals surface area (Å²) in [6.07, 6.45) is 11.4. The Morgan fingerprint density at radius 2 is 1.19 bits per heavy atom. The molecule has 0 heterocycles. The summed E-state index contributed by atoms with van der Waals surface area (Å²) in [5.41, 5.74) is 3.10. The van der Waals surface area contributed by atoms with Crippen molar-refractivity contribution < 1.29 is 0 Å². The standard InChI is InChI=1S/C16H22/c1-2-15-10-8-13-4-6-14(7-5-13)9-11-16(3-1)12-15/h4-7,15-16H,1-3,8-12H2/t15-,16-/m1/s1. The van der Waals surface area contributed by atoms with Gasteiger partial charge in [0.25, 0.3) is 0 Å². The Morgan fingerprint density at radius 1 is 0.688 bits per heavy atom. The molecule has 1 saturated carbocycles. The molecule has 1 aromatic carbocycles. The van der Waals surface area contributed by atoms with Gasteiger partial charge in [0, 0.05) is 0 Å². The van der Waals surface area contributed by atoms with Crippen LogP contribution in [0.2, 0.25) is 0 Å². The maximum absolute atomic E-state index is 2.35. The van der Waals surface area contributed by atoms with Crippen molar-refractivity contribution in [1.82, 2.24) is 0 Å². The summed E-state index contributed by atoms with van der Waals surface area (Å²) in [7, 11) is 0. The quantitative estimate of drug-likeness (QED) is 0.601. The lowest BCUT2D eigenvalue weighted by atomic mass is 9.77. The van der Waals surface area contributed by atoms with Crippen molar-refractivity contribution in [3.05, 3.63) is 35.4 Å². The number of benzene rings is 1. The lowest BCUT2D eigenvalue weighted by Gasteiger charge is -2.28. The topological polar surface area (TPSA) is 0 Å². The lowest BCUT2D eigenvalue weighted by molar-refractivity contribution is 0.245. The van der Waals surface area contributed by atoms with E-state index in [0.29, 0.717) is 0 Å². The minimum absolute atomic E-state index is 1.02. The second-order valence-corrected chi connectivity index (χ2v) is 5.79. The van der Waals surface area contributed by atoms with Crippen LogP contribution in [0, 0.1) is 11.8 Å². The molecule has 0 saturated heterocycles. The van der Waals surface area contributed by atoms with Gasteiger partial charge in [-0.1, -0.05) is 43.5 Å². The number of fused-ring (bicyclic) bond motifs is 4. The predicted octanol–water partition coefficient (Wildman–Crippen LogP) is 4.37. The smallest absolute Gasteiger partial charge is 0.0276 e. The van der Waals surface area contributed by atoms with Crippen LogP contribution in [-0.2, 0) is 12.8 Å². The Balaban J connectivity index is 1.80. The van der Waals surface area contributed by atoms with Gasteiger partial charge in [-0.25, -0.2) is 0 Å². The fourth-order valence-electron chi connectivity index (χ4n) is 3.54. The first-order chi connectivity index (χ1) is 7.90. The molecular weight excluding hydrogens is 192 g/mol. The van der Waals surface area contributed by atoms with Crippen molar-refractivity contribution >= 4 is 0 Å². The second-order valence-electron chi connectivity index (χ2n) is 5.79. The van der Waals surface area contributed by atoms with E-state index in [1.165, 1.54) is 51.4 Å². The summed E-state index contributed by atoms with van der Waals surface area (Å²) in [6.45, 7) is 0. The van der Waals surface area contributed by atoms with Crippen molar-refractivity contribution in [2.75, 3.05) is 0 Å². The molecule has 3 aliphatic carbocycles. The van der Waals surface area contributed by atoms with Crippen LogP contribution in [0.4, 0.5) is 0 Å². The SMILES string of the molecule is c1cc2ccc1CC[C@H]1CCC[C@H](CC2)C1.